The van der Waals surface area contributed by atoms with Crippen molar-refractivity contribution < 1.29 is 19.1 Å². The summed E-state index contributed by atoms with van der Waals surface area (Å²) in [4.78, 5) is 24.4. The first kappa shape index (κ1) is 23.2. The van der Waals surface area contributed by atoms with Crippen LogP contribution in [-0.4, -0.2) is 32.1 Å². The third-order valence-corrected chi connectivity index (χ3v) is 4.72. The molecular formula is C22H35NO4. The molecule has 0 unspecified atom stereocenters. The lowest BCUT2D eigenvalue weighted by atomic mass is 10.0. The standard InChI is InChI=1S/C22H35NO4/c1-4-5-6-7-8-9-13-16-19(17-20(24)26-2)23-22(25)21(27-3)18-14-11-10-12-15-18/h10-12,14-15,19,21H,4-9,13,16-17H2,1-3H3,(H,23,25)/t19-,21-/m0/s1. The highest BCUT2D eigenvalue weighted by molar-refractivity contribution is 5.83. The maximum atomic E-state index is 12.7. The maximum Gasteiger partial charge on any atom is 0.307 e. The summed E-state index contributed by atoms with van der Waals surface area (Å²) in [5, 5.41) is 2.98. The van der Waals surface area contributed by atoms with Crippen LogP contribution < -0.4 is 5.32 Å². The largest absolute Gasteiger partial charge is 0.469 e. The van der Waals surface area contributed by atoms with E-state index in [2.05, 4.69) is 12.2 Å². The zero-order chi connectivity index (χ0) is 19.9. The monoisotopic (exact) mass is 377 g/mol. The number of ether oxygens (including phenoxy) is 2. The topological polar surface area (TPSA) is 64.6 Å². The van der Waals surface area contributed by atoms with Gasteiger partial charge in [0.2, 0.25) is 0 Å². The number of carbonyl (C=O) groups excluding carboxylic acids is 2. The van der Waals surface area contributed by atoms with Gasteiger partial charge in [-0.05, 0) is 12.0 Å². The van der Waals surface area contributed by atoms with Crippen LogP contribution in [-0.2, 0) is 19.1 Å². The fraction of sp³-hybridized carbons (Fsp3) is 0.636. The number of benzene rings is 1. The molecule has 0 fully saturated rings. The van der Waals surface area contributed by atoms with Crippen molar-refractivity contribution in [1.82, 2.24) is 5.32 Å². The Balaban J connectivity index is 2.54. The van der Waals surface area contributed by atoms with Crippen molar-refractivity contribution in [3.05, 3.63) is 35.9 Å². The molecule has 5 nitrogen and oxygen atoms in total. The lowest BCUT2D eigenvalue weighted by Gasteiger charge is -2.22. The van der Waals surface area contributed by atoms with Gasteiger partial charge in [-0.15, -0.1) is 0 Å². The Labute approximate surface area is 163 Å². The molecule has 2 atom stereocenters. The van der Waals surface area contributed by atoms with Gasteiger partial charge in [-0.1, -0.05) is 82.2 Å². The van der Waals surface area contributed by atoms with Crippen molar-refractivity contribution in [2.75, 3.05) is 14.2 Å². The van der Waals surface area contributed by atoms with Gasteiger partial charge >= 0.3 is 5.97 Å². The van der Waals surface area contributed by atoms with Crippen LogP contribution in [0, 0.1) is 0 Å². The molecule has 1 amide bonds. The maximum absolute atomic E-state index is 12.7. The third kappa shape index (κ3) is 9.57. The van der Waals surface area contributed by atoms with Crippen LogP contribution in [0.1, 0.15) is 76.4 Å². The van der Waals surface area contributed by atoms with Gasteiger partial charge in [-0.2, -0.15) is 0 Å². The average Bonchev–Trinajstić information content (AvgIpc) is 2.68. The minimum atomic E-state index is -0.680. The summed E-state index contributed by atoms with van der Waals surface area (Å²) in [6.07, 6.45) is 8.63. The van der Waals surface area contributed by atoms with E-state index in [0.717, 1.165) is 24.8 Å². The Morgan fingerprint density at radius 1 is 0.963 bits per heavy atom. The molecule has 0 aliphatic heterocycles. The molecule has 0 saturated heterocycles. The summed E-state index contributed by atoms with van der Waals surface area (Å²) in [6.45, 7) is 2.21. The number of carbonyl (C=O) groups is 2. The molecule has 1 aromatic rings. The number of hydrogen-bond donors (Lipinski definition) is 1. The van der Waals surface area contributed by atoms with E-state index in [4.69, 9.17) is 9.47 Å². The van der Waals surface area contributed by atoms with Gasteiger partial charge in [0, 0.05) is 13.2 Å². The number of rotatable bonds is 14. The fourth-order valence-electron chi connectivity index (χ4n) is 3.16. The summed E-state index contributed by atoms with van der Waals surface area (Å²) < 4.78 is 10.2. The average molecular weight is 378 g/mol. The molecule has 1 rings (SSSR count). The molecular weight excluding hydrogens is 342 g/mol. The van der Waals surface area contributed by atoms with Gasteiger partial charge in [0.1, 0.15) is 0 Å². The van der Waals surface area contributed by atoms with Crippen molar-refractivity contribution in [2.45, 2.75) is 76.9 Å². The molecule has 0 spiro atoms. The molecule has 0 radical (unpaired) electrons. The van der Waals surface area contributed by atoms with E-state index in [1.54, 1.807) is 0 Å². The van der Waals surface area contributed by atoms with E-state index in [1.807, 2.05) is 30.3 Å². The van der Waals surface area contributed by atoms with Crippen LogP contribution in [0.2, 0.25) is 0 Å². The number of hydrogen-bond acceptors (Lipinski definition) is 4. The minimum absolute atomic E-state index is 0.184. The van der Waals surface area contributed by atoms with E-state index in [1.165, 1.54) is 46.3 Å². The van der Waals surface area contributed by atoms with Crippen LogP contribution in [0.25, 0.3) is 0 Å². The second kappa shape index (κ2) is 14.2. The molecule has 0 saturated carbocycles. The highest BCUT2D eigenvalue weighted by atomic mass is 16.5. The van der Waals surface area contributed by atoms with E-state index in [-0.39, 0.29) is 24.3 Å². The molecule has 0 aliphatic carbocycles. The summed E-state index contributed by atoms with van der Waals surface area (Å²) in [7, 11) is 2.89. The number of esters is 1. The van der Waals surface area contributed by atoms with Crippen LogP contribution >= 0.6 is 0 Å². The molecule has 0 aliphatic rings. The van der Waals surface area contributed by atoms with E-state index in [9.17, 15) is 9.59 Å². The van der Waals surface area contributed by atoms with Gasteiger partial charge in [0.25, 0.3) is 5.91 Å². The second-order valence-corrected chi connectivity index (χ2v) is 6.92. The van der Waals surface area contributed by atoms with Gasteiger partial charge in [0.05, 0.1) is 13.5 Å². The molecule has 1 aromatic carbocycles. The van der Waals surface area contributed by atoms with Gasteiger partial charge < -0.3 is 14.8 Å². The number of nitrogens with one attached hydrogen (secondary N) is 1. The summed E-state index contributed by atoms with van der Waals surface area (Å²) in [5.41, 5.74) is 0.797. The first-order valence-electron chi connectivity index (χ1n) is 10.1. The van der Waals surface area contributed by atoms with Gasteiger partial charge in [-0.25, -0.2) is 0 Å². The van der Waals surface area contributed by atoms with Crippen LogP contribution in [0.5, 0.6) is 0 Å². The van der Waals surface area contributed by atoms with Crippen molar-refractivity contribution >= 4 is 11.9 Å². The van der Waals surface area contributed by atoms with Crippen molar-refractivity contribution in [1.29, 1.82) is 0 Å². The van der Waals surface area contributed by atoms with Crippen LogP contribution in [0.15, 0.2) is 30.3 Å². The summed E-state index contributed by atoms with van der Waals surface area (Å²) in [5.74, 6) is -0.530. The normalized spacial score (nSPS) is 13.0. The SMILES string of the molecule is CCCCCCCCC[C@@H](CC(=O)OC)NC(=O)[C@@H](OC)c1ccccc1. The molecule has 0 aromatic heterocycles. The third-order valence-electron chi connectivity index (χ3n) is 4.72. The first-order chi connectivity index (χ1) is 13.1. The predicted octanol–water partition coefficient (Wildman–Crippen LogP) is 4.56. The highest BCUT2D eigenvalue weighted by Crippen LogP contribution is 2.18. The second-order valence-electron chi connectivity index (χ2n) is 6.92. The zero-order valence-corrected chi connectivity index (χ0v) is 17.0. The molecule has 5 heteroatoms. The zero-order valence-electron chi connectivity index (χ0n) is 17.0. The predicted molar refractivity (Wildman–Crippen MR) is 107 cm³/mol. The summed E-state index contributed by atoms with van der Waals surface area (Å²) in [6, 6.07) is 9.13. The smallest absolute Gasteiger partial charge is 0.307 e. The van der Waals surface area contributed by atoms with Crippen molar-refractivity contribution in [3.63, 3.8) is 0 Å². The van der Waals surface area contributed by atoms with Crippen LogP contribution in [0.3, 0.4) is 0 Å². The molecule has 0 bridgehead atoms. The molecule has 27 heavy (non-hydrogen) atoms. The number of unbranched alkanes of at least 4 members (excludes halogenated alkanes) is 6. The fourth-order valence-corrected chi connectivity index (χ4v) is 3.16. The quantitative estimate of drug-likeness (QED) is 0.381. The number of methoxy groups -OCH3 is 2. The van der Waals surface area contributed by atoms with Gasteiger partial charge in [0.15, 0.2) is 6.10 Å². The Morgan fingerprint density at radius 2 is 1.59 bits per heavy atom. The van der Waals surface area contributed by atoms with E-state index >= 15 is 0 Å². The van der Waals surface area contributed by atoms with Gasteiger partial charge in [-0.3, -0.25) is 9.59 Å². The highest BCUT2D eigenvalue weighted by Gasteiger charge is 2.24. The van der Waals surface area contributed by atoms with E-state index < -0.39 is 6.10 Å². The lowest BCUT2D eigenvalue weighted by Crippen LogP contribution is -2.40. The first-order valence-corrected chi connectivity index (χ1v) is 10.1. The Bertz CT molecular complexity index is 532. The Morgan fingerprint density at radius 3 is 2.19 bits per heavy atom. The van der Waals surface area contributed by atoms with Crippen molar-refractivity contribution in [2.24, 2.45) is 0 Å². The van der Waals surface area contributed by atoms with Crippen molar-refractivity contribution in [3.8, 4) is 0 Å². The lowest BCUT2D eigenvalue weighted by molar-refractivity contribution is -0.141. The molecule has 0 heterocycles. The molecule has 1 N–H and O–H groups in total. The number of amides is 1. The van der Waals surface area contributed by atoms with Crippen LogP contribution in [0.4, 0.5) is 0 Å². The Hall–Kier alpha value is -1.88. The van der Waals surface area contributed by atoms with E-state index in [0.29, 0.717) is 0 Å². The Kier molecular flexibility index (Phi) is 12.2. The molecule has 152 valence electrons. The minimum Gasteiger partial charge on any atom is -0.469 e. The summed E-state index contributed by atoms with van der Waals surface area (Å²) >= 11 is 0.